The molecule has 3 amide bonds. The van der Waals surface area contributed by atoms with Crippen LogP contribution < -0.4 is 16.0 Å². The van der Waals surface area contributed by atoms with E-state index in [4.69, 9.17) is 0 Å². The molecule has 4 N–H and O–H groups in total. The van der Waals surface area contributed by atoms with Crippen LogP contribution in [0.15, 0.2) is 59.5 Å². The van der Waals surface area contributed by atoms with E-state index in [1.165, 1.54) is 23.9 Å². The van der Waals surface area contributed by atoms with Crippen LogP contribution in [-0.2, 0) is 26.2 Å². The number of hydrogen-bond donors (Lipinski definition) is 4. The first-order chi connectivity index (χ1) is 16.9. The lowest BCUT2D eigenvalue weighted by Gasteiger charge is -2.30. The van der Waals surface area contributed by atoms with Crippen molar-refractivity contribution in [2.24, 2.45) is 0 Å². The summed E-state index contributed by atoms with van der Waals surface area (Å²) in [5.41, 5.74) is 1.91. The van der Waals surface area contributed by atoms with E-state index in [2.05, 4.69) is 16.0 Å². The van der Waals surface area contributed by atoms with Crippen molar-refractivity contribution in [2.75, 3.05) is 12.4 Å². The molecule has 1 aliphatic rings. The Morgan fingerprint density at radius 2 is 1.72 bits per heavy atom. The number of carboxylic acids is 1. The second-order valence-electron chi connectivity index (χ2n) is 8.87. The van der Waals surface area contributed by atoms with Gasteiger partial charge in [0.2, 0.25) is 15.9 Å². The zero-order valence-electron chi connectivity index (χ0n) is 20.2. The van der Waals surface area contributed by atoms with E-state index in [1.54, 1.807) is 32.0 Å². The number of aryl methyl sites for hydroxylation is 1. The molecule has 12 heteroatoms. The number of carbonyl (C=O) groups excluding carboxylic acids is 2. The zero-order chi connectivity index (χ0) is 26.5. The van der Waals surface area contributed by atoms with Gasteiger partial charge in [-0.15, -0.1) is 11.8 Å². The topological polar surface area (TPSA) is 145 Å². The molecule has 0 bridgehead atoms. The first-order valence-electron chi connectivity index (χ1n) is 11.2. The van der Waals surface area contributed by atoms with Crippen molar-refractivity contribution in [3.8, 4) is 0 Å². The maximum atomic E-state index is 13.2. The fourth-order valence-corrected chi connectivity index (χ4v) is 6.99. The predicted octanol–water partition coefficient (Wildman–Crippen LogP) is 1.91. The van der Waals surface area contributed by atoms with Gasteiger partial charge in [0.05, 0.1) is 17.3 Å². The van der Waals surface area contributed by atoms with Crippen LogP contribution in [0.5, 0.6) is 0 Å². The molecule has 2 aromatic carbocycles. The van der Waals surface area contributed by atoms with Crippen molar-refractivity contribution < 1.29 is 27.9 Å². The highest BCUT2D eigenvalue weighted by Gasteiger charge is 2.51. The van der Waals surface area contributed by atoms with Crippen molar-refractivity contribution in [3.63, 3.8) is 0 Å². The Morgan fingerprint density at radius 3 is 2.36 bits per heavy atom. The molecular formula is C24H30N4O6S2. The highest BCUT2D eigenvalue weighted by molar-refractivity contribution is 8.02. The summed E-state index contributed by atoms with van der Waals surface area (Å²) in [6, 6.07) is 12.1. The van der Waals surface area contributed by atoms with E-state index in [-0.39, 0.29) is 23.9 Å². The maximum absolute atomic E-state index is 13.2. The van der Waals surface area contributed by atoms with Crippen LogP contribution in [0.2, 0.25) is 0 Å². The van der Waals surface area contributed by atoms with Crippen LogP contribution in [0, 0.1) is 6.92 Å². The van der Waals surface area contributed by atoms with Gasteiger partial charge in [-0.2, -0.15) is 4.31 Å². The number of amides is 3. The molecule has 0 spiro atoms. The number of nitrogens with zero attached hydrogens (tertiary/aromatic N) is 1. The summed E-state index contributed by atoms with van der Waals surface area (Å²) in [7, 11) is -4.00. The van der Waals surface area contributed by atoms with Gasteiger partial charge in [0.15, 0.2) is 0 Å². The van der Waals surface area contributed by atoms with Crippen LogP contribution in [0.1, 0.15) is 25.0 Å². The molecule has 36 heavy (non-hydrogen) atoms. The summed E-state index contributed by atoms with van der Waals surface area (Å²) in [5.74, 6) is -2.07. The number of aliphatic carboxylic acids is 1. The molecule has 1 aliphatic heterocycles. The number of nitrogens with one attached hydrogen (secondary N) is 3. The molecule has 1 fully saturated rings. The van der Waals surface area contributed by atoms with E-state index in [0.717, 1.165) is 15.4 Å². The first-order valence-corrected chi connectivity index (χ1v) is 13.7. The second-order valence-corrected chi connectivity index (χ2v) is 12.4. The molecule has 1 heterocycles. The van der Waals surface area contributed by atoms with Gasteiger partial charge in [-0.05, 0) is 44.0 Å². The van der Waals surface area contributed by atoms with Crippen LogP contribution >= 0.6 is 11.8 Å². The van der Waals surface area contributed by atoms with Gasteiger partial charge < -0.3 is 21.1 Å². The highest BCUT2D eigenvalue weighted by atomic mass is 32.2. The third-order valence-electron chi connectivity index (χ3n) is 5.89. The molecule has 194 valence electrons. The summed E-state index contributed by atoms with van der Waals surface area (Å²) in [6.45, 7) is 5.24. The average Bonchev–Trinajstić information content (AvgIpc) is 3.17. The molecule has 2 aromatic rings. The number of rotatable bonds is 9. The summed E-state index contributed by atoms with van der Waals surface area (Å²) in [6.07, 6.45) is 0. The Hall–Kier alpha value is -3.09. The van der Waals surface area contributed by atoms with Crippen LogP contribution in [0.3, 0.4) is 0 Å². The van der Waals surface area contributed by atoms with Gasteiger partial charge in [0, 0.05) is 11.3 Å². The molecule has 1 saturated heterocycles. The van der Waals surface area contributed by atoms with Crippen LogP contribution in [-0.4, -0.2) is 65.0 Å². The van der Waals surface area contributed by atoms with Gasteiger partial charge in [-0.1, -0.05) is 42.5 Å². The fraction of sp³-hybridized carbons (Fsp3) is 0.375. The van der Waals surface area contributed by atoms with Crippen molar-refractivity contribution >= 4 is 39.7 Å². The van der Waals surface area contributed by atoms with Crippen LogP contribution in [0.25, 0.3) is 0 Å². The largest absolute Gasteiger partial charge is 0.480 e. The number of carbonyl (C=O) groups is 3. The molecule has 0 aromatic heterocycles. The van der Waals surface area contributed by atoms with Gasteiger partial charge in [0.25, 0.3) is 0 Å². The molecule has 10 nitrogen and oxygen atoms in total. The van der Waals surface area contributed by atoms with E-state index in [9.17, 15) is 27.9 Å². The minimum absolute atomic E-state index is 0.0413. The number of carboxylic acid groups (broad SMARTS) is 1. The van der Waals surface area contributed by atoms with Gasteiger partial charge >= 0.3 is 12.0 Å². The molecule has 2 unspecified atom stereocenters. The number of benzene rings is 2. The van der Waals surface area contributed by atoms with E-state index < -0.39 is 44.8 Å². The Labute approximate surface area is 214 Å². The molecule has 0 saturated carbocycles. The van der Waals surface area contributed by atoms with E-state index in [1.807, 2.05) is 31.2 Å². The third kappa shape index (κ3) is 6.37. The smallest absolute Gasteiger partial charge is 0.328 e. The average molecular weight is 535 g/mol. The lowest BCUT2D eigenvalue weighted by molar-refractivity contribution is -0.142. The number of sulfonamides is 1. The lowest BCUT2D eigenvalue weighted by Crippen LogP contribution is -2.58. The third-order valence-corrected chi connectivity index (χ3v) is 9.25. The highest BCUT2D eigenvalue weighted by Crippen LogP contribution is 2.42. The van der Waals surface area contributed by atoms with Gasteiger partial charge in [0.1, 0.15) is 12.1 Å². The molecular weight excluding hydrogens is 504 g/mol. The normalized spacial score (nSPS) is 18.2. The predicted molar refractivity (Wildman–Crippen MR) is 137 cm³/mol. The molecule has 0 aliphatic carbocycles. The lowest BCUT2D eigenvalue weighted by atomic mass is 10.0. The summed E-state index contributed by atoms with van der Waals surface area (Å²) in [5, 5.41) is 17.1. The first kappa shape index (κ1) is 27.5. The monoisotopic (exact) mass is 534 g/mol. The second kappa shape index (κ2) is 11.3. The Bertz CT molecular complexity index is 1220. The zero-order valence-corrected chi connectivity index (χ0v) is 21.9. The molecule has 3 rings (SSSR count). The van der Waals surface area contributed by atoms with Crippen LogP contribution in [0.4, 0.5) is 4.79 Å². The van der Waals surface area contributed by atoms with Crippen molar-refractivity contribution in [3.05, 3.63) is 65.7 Å². The van der Waals surface area contributed by atoms with Gasteiger partial charge in [-0.3, -0.25) is 4.79 Å². The summed E-state index contributed by atoms with van der Waals surface area (Å²) in [4.78, 5) is 37.3. The van der Waals surface area contributed by atoms with Crippen molar-refractivity contribution in [1.82, 2.24) is 20.3 Å². The Balaban J connectivity index is 1.67. The van der Waals surface area contributed by atoms with Crippen molar-refractivity contribution in [2.45, 2.75) is 49.0 Å². The minimum atomic E-state index is -4.00. The number of urea groups is 1. The summed E-state index contributed by atoms with van der Waals surface area (Å²) < 4.78 is 26.7. The Kier molecular flexibility index (Phi) is 8.64. The van der Waals surface area contributed by atoms with Gasteiger partial charge in [-0.25, -0.2) is 18.0 Å². The van der Waals surface area contributed by atoms with E-state index in [0.29, 0.717) is 0 Å². The quantitative estimate of drug-likeness (QED) is 0.385. The standard InChI is InChI=1S/C24H30N4O6S2/c1-16-9-7-8-10-17(16)13-25-23(32)26-14-19(22(30)31)27-21(29)20-24(2,3)35-15-28(20)36(33,34)18-11-5-4-6-12-18/h4-12,19-20H,13-15H2,1-3H3,(H,27,29)(H,30,31)(H2,25,26,32). The minimum Gasteiger partial charge on any atom is -0.480 e. The number of thioether (sulfide) groups is 1. The molecule has 2 atom stereocenters. The SMILES string of the molecule is Cc1ccccc1CNC(=O)NCC(NC(=O)C1N(S(=O)(=O)c2ccccc2)CSC1(C)C)C(=O)O. The van der Waals surface area contributed by atoms with Crippen molar-refractivity contribution in [1.29, 1.82) is 0 Å². The maximum Gasteiger partial charge on any atom is 0.328 e. The fourth-order valence-electron chi connectivity index (χ4n) is 3.80. The Morgan fingerprint density at radius 1 is 1.08 bits per heavy atom. The number of hydrogen-bond acceptors (Lipinski definition) is 6. The summed E-state index contributed by atoms with van der Waals surface area (Å²) >= 11 is 1.28. The molecule has 0 radical (unpaired) electrons. The van der Waals surface area contributed by atoms with E-state index >= 15 is 0 Å².